The number of nitrogens with one attached hydrogen (secondary N) is 2. The predicted octanol–water partition coefficient (Wildman–Crippen LogP) is 2.29. The fraction of sp³-hybridized carbons (Fsp3) is 0.667. The van der Waals surface area contributed by atoms with Crippen molar-refractivity contribution in [3.8, 4) is 0 Å². The molecule has 14 heavy (non-hydrogen) atoms. The van der Waals surface area contributed by atoms with E-state index in [4.69, 9.17) is 0 Å². The van der Waals surface area contributed by atoms with Crippen LogP contribution in [0, 0.1) is 11.8 Å². The van der Waals surface area contributed by atoms with Crippen LogP contribution < -0.4 is 5.32 Å². The van der Waals surface area contributed by atoms with Crippen molar-refractivity contribution in [2.45, 2.75) is 38.3 Å². The van der Waals surface area contributed by atoms with Crippen molar-refractivity contribution >= 4 is 0 Å². The summed E-state index contributed by atoms with van der Waals surface area (Å²) in [6.45, 7) is 1.04. The second kappa shape index (κ2) is 3.43. The van der Waals surface area contributed by atoms with Gasteiger partial charge < -0.3 is 10.3 Å². The zero-order valence-corrected chi connectivity index (χ0v) is 8.50. The molecule has 2 aliphatic rings. The van der Waals surface area contributed by atoms with Crippen LogP contribution in [0.15, 0.2) is 18.5 Å². The molecule has 1 heterocycles. The molecule has 0 radical (unpaired) electrons. The Morgan fingerprint density at radius 3 is 2.50 bits per heavy atom. The number of H-pyrrole nitrogens is 1. The third kappa shape index (κ3) is 1.85. The minimum Gasteiger partial charge on any atom is -0.367 e. The lowest BCUT2D eigenvalue weighted by molar-refractivity contribution is 0.416. The minimum atomic E-state index is 0.824. The van der Waals surface area contributed by atoms with Crippen LogP contribution in [0.5, 0.6) is 0 Å². The van der Waals surface area contributed by atoms with Gasteiger partial charge in [-0.05, 0) is 49.1 Å². The molecule has 0 saturated heterocycles. The molecule has 1 aromatic heterocycles. The molecule has 2 N–H and O–H groups in total. The van der Waals surface area contributed by atoms with Gasteiger partial charge in [0.05, 0.1) is 0 Å². The summed E-state index contributed by atoms with van der Waals surface area (Å²) in [6, 6.07) is 2.98. The second-order valence-corrected chi connectivity index (χ2v) is 4.80. The highest BCUT2D eigenvalue weighted by atomic mass is 14.9. The molecule has 3 rings (SSSR count). The highest BCUT2D eigenvalue weighted by Crippen LogP contribution is 2.44. The van der Waals surface area contributed by atoms with Gasteiger partial charge in [-0.2, -0.15) is 0 Å². The van der Waals surface area contributed by atoms with E-state index in [1.807, 2.05) is 6.20 Å². The maximum atomic E-state index is 3.73. The first kappa shape index (κ1) is 8.54. The molecule has 2 saturated carbocycles. The van der Waals surface area contributed by atoms with Crippen LogP contribution in [0.4, 0.5) is 0 Å². The Hall–Kier alpha value is -0.760. The normalized spacial score (nSPS) is 21.8. The predicted molar refractivity (Wildman–Crippen MR) is 56.9 cm³/mol. The number of aromatic amines is 1. The quantitative estimate of drug-likeness (QED) is 0.732. The summed E-state index contributed by atoms with van der Waals surface area (Å²) in [5.41, 5.74) is 1.39. The highest BCUT2D eigenvalue weighted by Gasteiger charge is 2.40. The van der Waals surface area contributed by atoms with E-state index in [0.717, 1.165) is 24.4 Å². The van der Waals surface area contributed by atoms with E-state index in [0.29, 0.717) is 0 Å². The molecule has 2 fully saturated rings. The summed E-state index contributed by atoms with van der Waals surface area (Å²) >= 11 is 0. The fourth-order valence-corrected chi connectivity index (χ4v) is 2.33. The summed E-state index contributed by atoms with van der Waals surface area (Å²) in [7, 11) is 0. The van der Waals surface area contributed by atoms with Crippen molar-refractivity contribution in [1.82, 2.24) is 10.3 Å². The average molecular weight is 190 g/mol. The number of rotatable bonds is 5. The maximum Gasteiger partial charge on any atom is 0.0223 e. The molecular formula is C12H18N2. The number of aromatic nitrogens is 1. The summed E-state index contributed by atoms with van der Waals surface area (Å²) in [5, 5.41) is 3.73. The summed E-state index contributed by atoms with van der Waals surface area (Å²) in [6.07, 6.45) is 9.93. The monoisotopic (exact) mass is 190 g/mol. The molecule has 0 aromatic carbocycles. The van der Waals surface area contributed by atoms with E-state index in [2.05, 4.69) is 22.6 Å². The van der Waals surface area contributed by atoms with Crippen LogP contribution in [-0.2, 0) is 6.54 Å². The lowest BCUT2D eigenvalue weighted by atomic mass is 10.1. The Bertz CT molecular complexity index is 271. The van der Waals surface area contributed by atoms with Gasteiger partial charge in [0.2, 0.25) is 0 Å². The van der Waals surface area contributed by atoms with E-state index >= 15 is 0 Å². The molecule has 0 unspecified atom stereocenters. The van der Waals surface area contributed by atoms with Gasteiger partial charge in [-0.1, -0.05) is 0 Å². The molecule has 0 spiro atoms. The zero-order chi connectivity index (χ0) is 9.38. The van der Waals surface area contributed by atoms with Gasteiger partial charge >= 0.3 is 0 Å². The molecule has 0 amide bonds. The topological polar surface area (TPSA) is 27.8 Å². The number of hydrogen-bond donors (Lipinski definition) is 2. The summed E-state index contributed by atoms with van der Waals surface area (Å²) < 4.78 is 0. The molecule has 2 nitrogen and oxygen atoms in total. The molecular weight excluding hydrogens is 172 g/mol. The van der Waals surface area contributed by atoms with Crippen LogP contribution >= 0.6 is 0 Å². The van der Waals surface area contributed by atoms with Gasteiger partial charge in [-0.3, -0.25) is 0 Å². The number of hydrogen-bond acceptors (Lipinski definition) is 1. The van der Waals surface area contributed by atoms with Crippen LogP contribution in [-0.4, -0.2) is 11.0 Å². The van der Waals surface area contributed by atoms with Crippen molar-refractivity contribution in [2.24, 2.45) is 11.8 Å². The van der Waals surface area contributed by atoms with E-state index in [-0.39, 0.29) is 0 Å². The Kier molecular flexibility index (Phi) is 2.09. The van der Waals surface area contributed by atoms with Crippen LogP contribution in [0.2, 0.25) is 0 Å². The molecule has 1 aromatic rings. The summed E-state index contributed by atoms with van der Waals surface area (Å²) in [5.74, 6) is 2.00. The Morgan fingerprint density at radius 2 is 2.00 bits per heavy atom. The van der Waals surface area contributed by atoms with Crippen molar-refractivity contribution in [3.05, 3.63) is 24.0 Å². The molecule has 2 aliphatic carbocycles. The largest absolute Gasteiger partial charge is 0.367 e. The Labute approximate surface area is 85.1 Å². The first-order chi connectivity index (χ1) is 6.93. The molecule has 0 atom stereocenters. The molecule has 2 heteroatoms. The van der Waals surface area contributed by atoms with Gasteiger partial charge in [-0.25, -0.2) is 0 Å². The van der Waals surface area contributed by atoms with Crippen molar-refractivity contribution < 1.29 is 0 Å². The molecule has 76 valence electrons. The van der Waals surface area contributed by atoms with Gasteiger partial charge in [0.15, 0.2) is 0 Å². The van der Waals surface area contributed by atoms with Crippen molar-refractivity contribution in [2.75, 3.05) is 0 Å². The average Bonchev–Trinajstić information content (AvgIpc) is 3.09. The SMILES string of the molecule is c1cc(CNC(C2CC2)C2CC2)c[nH]1. The van der Waals surface area contributed by atoms with E-state index < -0.39 is 0 Å². The maximum absolute atomic E-state index is 3.73. The fourth-order valence-electron chi connectivity index (χ4n) is 2.33. The Morgan fingerprint density at radius 1 is 1.29 bits per heavy atom. The van der Waals surface area contributed by atoms with Crippen LogP contribution in [0.25, 0.3) is 0 Å². The van der Waals surface area contributed by atoms with Gasteiger partial charge in [0.1, 0.15) is 0 Å². The van der Waals surface area contributed by atoms with Crippen LogP contribution in [0.1, 0.15) is 31.2 Å². The standard InChI is InChI=1S/C12H18N2/c1-2-10(1)12(11-3-4-11)14-8-9-5-6-13-7-9/h5-7,10-14H,1-4,8H2. The molecule has 0 bridgehead atoms. The van der Waals surface area contributed by atoms with E-state index in [1.54, 1.807) is 0 Å². The van der Waals surface area contributed by atoms with Crippen LogP contribution in [0.3, 0.4) is 0 Å². The smallest absolute Gasteiger partial charge is 0.0223 e. The van der Waals surface area contributed by atoms with Gasteiger partial charge in [0.25, 0.3) is 0 Å². The Balaban J connectivity index is 1.54. The van der Waals surface area contributed by atoms with Gasteiger partial charge in [-0.15, -0.1) is 0 Å². The summed E-state index contributed by atoms with van der Waals surface area (Å²) in [4.78, 5) is 3.10. The van der Waals surface area contributed by atoms with E-state index in [9.17, 15) is 0 Å². The zero-order valence-electron chi connectivity index (χ0n) is 8.50. The van der Waals surface area contributed by atoms with Crippen molar-refractivity contribution in [3.63, 3.8) is 0 Å². The first-order valence-corrected chi connectivity index (χ1v) is 5.78. The van der Waals surface area contributed by atoms with E-state index in [1.165, 1.54) is 31.2 Å². The highest BCUT2D eigenvalue weighted by molar-refractivity contribution is 5.08. The van der Waals surface area contributed by atoms with Gasteiger partial charge in [0, 0.05) is 25.0 Å². The third-order valence-electron chi connectivity index (χ3n) is 3.46. The lowest BCUT2D eigenvalue weighted by Crippen LogP contribution is -2.32. The lowest BCUT2D eigenvalue weighted by Gasteiger charge is -2.16. The minimum absolute atomic E-state index is 0.824. The first-order valence-electron chi connectivity index (χ1n) is 5.78. The van der Waals surface area contributed by atoms with Crippen molar-refractivity contribution in [1.29, 1.82) is 0 Å². The molecule has 0 aliphatic heterocycles. The second-order valence-electron chi connectivity index (χ2n) is 4.80. The third-order valence-corrected chi connectivity index (χ3v) is 3.46.